The zero-order chi connectivity index (χ0) is 12.0. The van der Waals surface area contributed by atoms with E-state index in [1.807, 2.05) is 26.0 Å². The average Bonchev–Trinajstić information content (AvgIpc) is 2.19. The predicted molar refractivity (Wildman–Crippen MR) is 68.8 cm³/mol. The first-order chi connectivity index (χ1) is 7.58. The lowest BCUT2D eigenvalue weighted by atomic mass is 10.1. The van der Waals surface area contributed by atoms with Crippen molar-refractivity contribution in [3.63, 3.8) is 0 Å². The van der Waals surface area contributed by atoms with Gasteiger partial charge < -0.3 is 10.5 Å². The average molecular weight is 221 g/mol. The third-order valence-corrected chi connectivity index (χ3v) is 2.42. The molecule has 0 amide bonds. The minimum Gasteiger partial charge on any atom is -0.491 e. The van der Waals surface area contributed by atoms with Gasteiger partial charge in [0.2, 0.25) is 0 Å². The number of ether oxygens (including phenoxy) is 1. The van der Waals surface area contributed by atoms with Crippen LogP contribution >= 0.6 is 0 Å². The van der Waals surface area contributed by atoms with Gasteiger partial charge in [-0.2, -0.15) is 0 Å². The Hall–Kier alpha value is -1.02. The lowest BCUT2D eigenvalue weighted by Gasteiger charge is -2.10. The molecule has 0 radical (unpaired) electrons. The quantitative estimate of drug-likeness (QED) is 0.801. The predicted octanol–water partition coefficient (Wildman–Crippen LogP) is 3.14. The molecule has 0 aliphatic heterocycles. The summed E-state index contributed by atoms with van der Waals surface area (Å²) in [6.07, 6.45) is 3.58. The second-order valence-electron chi connectivity index (χ2n) is 4.68. The van der Waals surface area contributed by atoms with Gasteiger partial charge in [0.1, 0.15) is 5.75 Å². The molecule has 0 aromatic heterocycles. The Bertz CT molecular complexity index is 290. The molecule has 1 rings (SSSR count). The van der Waals surface area contributed by atoms with Gasteiger partial charge in [0.15, 0.2) is 0 Å². The normalized spacial score (nSPS) is 12.8. The molecule has 2 N–H and O–H groups in total. The van der Waals surface area contributed by atoms with Crippen LogP contribution in [0.3, 0.4) is 0 Å². The number of nitrogens with two attached hydrogens (primary N) is 1. The molecule has 1 unspecified atom stereocenters. The van der Waals surface area contributed by atoms with Gasteiger partial charge in [-0.25, -0.2) is 0 Å². The van der Waals surface area contributed by atoms with Crippen LogP contribution in [0.25, 0.3) is 0 Å². The standard InChI is InChI=1S/C14H23NO/c1-11(2)16-14-9-7-13(8-10-14)6-4-5-12(3)15/h7-12H,4-6,15H2,1-3H3. The van der Waals surface area contributed by atoms with Gasteiger partial charge in [0.05, 0.1) is 6.10 Å². The molecule has 0 aliphatic rings. The van der Waals surface area contributed by atoms with Crippen molar-refractivity contribution in [1.29, 1.82) is 0 Å². The van der Waals surface area contributed by atoms with Gasteiger partial charge in [-0.05, 0) is 57.7 Å². The largest absolute Gasteiger partial charge is 0.491 e. The number of rotatable bonds is 6. The minimum absolute atomic E-state index is 0.240. The second kappa shape index (κ2) is 6.54. The van der Waals surface area contributed by atoms with Crippen LogP contribution in [0.5, 0.6) is 5.75 Å². The second-order valence-corrected chi connectivity index (χ2v) is 4.68. The first-order valence-electron chi connectivity index (χ1n) is 6.09. The molecule has 0 heterocycles. The summed E-state index contributed by atoms with van der Waals surface area (Å²) in [6, 6.07) is 8.67. The van der Waals surface area contributed by atoms with Crippen molar-refractivity contribution < 1.29 is 4.74 Å². The van der Waals surface area contributed by atoms with Crippen LogP contribution in [0.2, 0.25) is 0 Å². The maximum Gasteiger partial charge on any atom is 0.119 e. The lowest BCUT2D eigenvalue weighted by Crippen LogP contribution is -2.14. The van der Waals surface area contributed by atoms with Crippen LogP contribution in [0.4, 0.5) is 0 Å². The highest BCUT2D eigenvalue weighted by Gasteiger charge is 1.99. The number of hydrogen-bond acceptors (Lipinski definition) is 2. The van der Waals surface area contributed by atoms with E-state index in [9.17, 15) is 0 Å². The van der Waals surface area contributed by atoms with E-state index in [2.05, 4.69) is 19.1 Å². The van der Waals surface area contributed by atoms with Gasteiger partial charge in [-0.15, -0.1) is 0 Å². The zero-order valence-corrected chi connectivity index (χ0v) is 10.6. The van der Waals surface area contributed by atoms with Crippen molar-refractivity contribution in [2.75, 3.05) is 0 Å². The molecule has 2 heteroatoms. The molecular weight excluding hydrogens is 198 g/mol. The van der Waals surface area contributed by atoms with E-state index >= 15 is 0 Å². The Morgan fingerprint density at radius 2 is 1.75 bits per heavy atom. The highest BCUT2D eigenvalue weighted by Crippen LogP contribution is 2.15. The summed E-state index contributed by atoms with van der Waals surface area (Å²) in [5.41, 5.74) is 7.07. The van der Waals surface area contributed by atoms with E-state index in [1.54, 1.807) is 0 Å². The number of benzene rings is 1. The molecule has 0 spiro atoms. The van der Waals surface area contributed by atoms with Crippen LogP contribution in [-0.4, -0.2) is 12.1 Å². The summed E-state index contributed by atoms with van der Waals surface area (Å²) in [5, 5.41) is 0. The molecule has 0 saturated carbocycles. The molecule has 2 nitrogen and oxygen atoms in total. The van der Waals surface area contributed by atoms with E-state index in [1.165, 1.54) is 5.56 Å². The summed E-state index contributed by atoms with van der Waals surface area (Å²) in [5.74, 6) is 0.950. The third kappa shape index (κ3) is 5.17. The molecule has 1 aromatic rings. The van der Waals surface area contributed by atoms with E-state index in [4.69, 9.17) is 10.5 Å². The first-order valence-corrected chi connectivity index (χ1v) is 6.09. The zero-order valence-electron chi connectivity index (χ0n) is 10.6. The highest BCUT2D eigenvalue weighted by atomic mass is 16.5. The van der Waals surface area contributed by atoms with Crippen LogP contribution in [0, 0.1) is 0 Å². The molecule has 1 atom stereocenters. The SMILES string of the molecule is CC(N)CCCc1ccc(OC(C)C)cc1. The van der Waals surface area contributed by atoms with Crippen molar-refractivity contribution in [3.8, 4) is 5.75 Å². The van der Waals surface area contributed by atoms with Crippen molar-refractivity contribution in [2.24, 2.45) is 5.73 Å². The fourth-order valence-corrected chi connectivity index (χ4v) is 1.64. The van der Waals surface area contributed by atoms with E-state index in [-0.39, 0.29) is 6.10 Å². The van der Waals surface area contributed by atoms with Crippen molar-refractivity contribution in [2.45, 2.75) is 52.2 Å². The Kier molecular flexibility index (Phi) is 5.33. The number of aryl methyl sites for hydroxylation is 1. The Morgan fingerprint density at radius 3 is 2.25 bits per heavy atom. The highest BCUT2D eigenvalue weighted by molar-refractivity contribution is 5.27. The maximum absolute atomic E-state index is 5.72. The minimum atomic E-state index is 0.240. The van der Waals surface area contributed by atoms with Crippen LogP contribution in [0.15, 0.2) is 24.3 Å². The molecule has 0 bridgehead atoms. The summed E-state index contributed by atoms with van der Waals surface area (Å²) < 4.78 is 5.59. The van der Waals surface area contributed by atoms with E-state index in [0.717, 1.165) is 25.0 Å². The Morgan fingerprint density at radius 1 is 1.12 bits per heavy atom. The van der Waals surface area contributed by atoms with Gasteiger partial charge >= 0.3 is 0 Å². The van der Waals surface area contributed by atoms with Crippen molar-refractivity contribution in [1.82, 2.24) is 0 Å². The van der Waals surface area contributed by atoms with Gasteiger partial charge in [0.25, 0.3) is 0 Å². The summed E-state index contributed by atoms with van der Waals surface area (Å²) in [6.45, 7) is 6.13. The van der Waals surface area contributed by atoms with Crippen molar-refractivity contribution >= 4 is 0 Å². The molecule has 0 saturated heterocycles. The maximum atomic E-state index is 5.72. The lowest BCUT2D eigenvalue weighted by molar-refractivity contribution is 0.242. The van der Waals surface area contributed by atoms with Gasteiger partial charge in [-0.1, -0.05) is 12.1 Å². The van der Waals surface area contributed by atoms with Gasteiger partial charge in [-0.3, -0.25) is 0 Å². The summed E-state index contributed by atoms with van der Waals surface area (Å²) >= 11 is 0. The molecule has 16 heavy (non-hydrogen) atoms. The summed E-state index contributed by atoms with van der Waals surface area (Å²) in [4.78, 5) is 0. The molecule has 1 aromatic carbocycles. The number of hydrogen-bond donors (Lipinski definition) is 1. The monoisotopic (exact) mass is 221 g/mol. The first kappa shape index (κ1) is 13.0. The topological polar surface area (TPSA) is 35.2 Å². The fourth-order valence-electron chi connectivity index (χ4n) is 1.64. The molecule has 90 valence electrons. The van der Waals surface area contributed by atoms with Crippen molar-refractivity contribution in [3.05, 3.63) is 29.8 Å². The molecule has 0 aliphatic carbocycles. The van der Waals surface area contributed by atoms with Crippen LogP contribution in [-0.2, 0) is 6.42 Å². The van der Waals surface area contributed by atoms with Gasteiger partial charge in [0, 0.05) is 6.04 Å². The van der Waals surface area contributed by atoms with Crippen LogP contribution in [0.1, 0.15) is 39.2 Å². The van der Waals surface area contributed by atoms with E-state index in [0.29, 0.717) is 6.04 Å². The molecule has 0 fully saturated rings. The van der Waals surface area contributed by atoms with Crippen LogP contribution < -0.4 is 10.5 Å². The third-order valence-electron chi connectivity index (χ3n) is 2.42. The fraction of sp³-hybridized carbons (Fsp3) is 0.571. The van der Waals surface area contributed by atoms with E-state index < -0.39 is 0 Å². The summed E-state index contributed by atoms with van der Waals surface area (Å²) in [7, 11) is 0. The smallest absolute Gasteiger partial charge is 0.119 e. The Balaban J connectivity index is 2.39. The molecular formula is C14H23NO. The Labute approximate surface area is 98.8 Å².